The van der Waals surface area contributed by atoms with Gasteiger partial charge >= 0.3 is 5.97 Å². The van der Waals surface area contributed by atoms with Gasteiger partial charge in [0.2, 0.25) is 0 Å². The number of para-hydroxylation sites is 2. The molecule has 0 amide bonds. The minimum atomic E-state index is -3.86. The molecule has 0 aliphatic rings. The molecule has 0 bridgehead atoms. The molecule has 3 rings (SSSR count). The number of nitriles is 1. The molecule has 152 valence electrons. The van der Waals surface area contributed by atoms with Crippen LogP contribution in [-0.2, 0) is 10.0 Å². The van der Waals surface area contributed by atoms with Gasteiger partial charge in [0.05, 0.1) is 34.9 Å². The fourth-order valence-electron chi connectivity index (χ4n) is 2.70. The molecule has 0 fully saturated rings. The van der Waals surface area contributed by atoms with Gasteiger partial charge in [-0.3, -0.25) is 4.31 Å². The lowest BCUT2D eigenvalue weighted by atomic mass is 10.2. The van der Waals surface area contributed by atoms with Crippen LogP contribution in [0.5, 0.6) is 11.5 Å². The molecule has 3 aromatic carbocycles. The van der Waals surface area contributed by atoms with Crippen LogP contribution in [0.15, 0.2) is 77.7 Å². The number of methoxy groups -OCH3 is 1. The Bertz CT molecular complexity index is 1200. The monoisotopic (exact) mass is 422 g/mol. The molecule has 0 aliphatic heterocycles. The quantitative estimate of drug-likeness (QED) is 0.445. The molecule has 0 spiro atoms. The predicted octanol–water partition coefficient (Wildman–Crippen LogP) is 3.61. The van der Waals surface area contributed by atoms with Gasteiger partial charge in [0.1, 0.15) is 11.5 Å². The van der Waals surface area contributed by atoms with E-state index in [4.69, 9.17) is 14.7 Å². The average Bonchev–Trinajstić information content (AvgIpc) is 2.79. The van der Waals surface area contributed by atoms with Gasteiger partial charge in [-0.15, -0.1) is 0 Å². The van der Waals surface area contributed by atoms with E-state index in [0.29, 0.717) is 17.0 Å². The summed E-state index contributed by atoms with van der Waals surface area (Å²) < 4.78 is 37.5. The highest BCUT2D eigenvalue weighted by Gasteiger charge is 2.24. The van der Waals surface area contributed by atoms with E-state index >= 15 is 0 Å². The molecule has 0 unspecified atom stereocenters. The molecule has 0 saturated carbocycles. The summed E-state index contributed by atoms with van der Waals surface area (Å²) in [4.78, 5) is 12.3. The first kappa shape index (κ1) is 20.9. The van der Waals surface area contributed by atoms with Crippen LogP contribution in [-0.4, -0.2) is 28.5 Å². The van der Waals surface area contributed by atoms with Crippen LogP contribution in [0.4, 0.5) is 5.69 Å². The van der Waals surface area contributed by atoms with Crippen LogP contribution in [0, 0.1) is 11.3 Å². The molecule has 7 nitrogen and oxygen atoms in total. The number of carbonyl (C=O) groups excluding carboxylic acids is 1. The molecule has 0 radical (unpaired) electrons. The van der Waals surface area contributed by atoms with E-state index in [1.807, 2.05) is 6.07 Å². The molecule has 0 heterocycles. The maximum absolute atomic E-state index is 13.0. The highest BCUT2D eigenvalue weighted by atomic mass is 32.2. The summed E-state index contributed by atoms with van der Waals surface area (Å²) in [6.07, 6.45) is 0. The molecule has 0 aromatic heterocycles. The standard InChI is InChI=1S/C22H18N2O5S/c1-24(20-5-3-4-6-21(20)28-2)30(26,27)19-13-9-17(10-14-19)22(25)29-18-11-7-16(15-23)8-12-18/h3-14H,1-2H3. The largest absolute Gasteiger partial charge is 0.495 e. The Balaban J connectivity index is 1.80. The maximum atomic E-state index is 13.0. The van der Waals surface area contributed by atoms with Crippen molar-refractivity contribution >= 4 is 21.7 Å². The zero-order valence-corrected chi connectivity index (χ0v) is 17.1. The summed E-state index contributed by atoms with van der Waals surface area (Å²) in [7, 11) is -0.966. The highest BCUT2D eigenvalue weighted by Crippen LogP contribution is 2.30. The van der Waals surface area contributed by atoms with Gasteiger partial charge in [-0.25, -0.2) is 13.2 Å². The van der Waals surface area contributed by atoms with Crippen LogP contribution < -0.4 is 13.8 Å². The summed E-state index contributed by atoms with van der Waals surface area (Å²) in [5.74, 6) is 0.0690. The third-order valence-corrected chi connectivity index (χ3v) is 6.15. The van der Waals surface area contributed by atoms with E-state index in [0.717, 1.165) is 4.31 Å². The second-order valence-electron chi connectivity index (χ2n) is 6.19. The van der Waals surface area contributed by atoms with Crippen molar-refractivity contribution in [1.29, 1.82) is 5.26 Å². The van der Waals surface area contributed by atoms with Crippen molar-refractivity contribution in [2.75, 3.05) is 18.5 Å². The fourth-order valence-corrected chi connectivity index (χ4v) is 3.91. The molecule has 8 heteroatoms. The Morgan fingerprint density at radius 1 is 0.967 bits per heavy atom. The summed E-state index contributed by atoms with van der Waals surface area (Å²) >= 11 is 0. The lowest BCUT2D eigenvalue weighted by Crippen LogP contribution is -2.27. The first-order chi connectivity index (χ1) is 14.4. The summed E-state index contributed by atoms with van der Waals surface area (Å²) in [6.45, 7) is 0. The van der Waals surface area contributed by atoms with Gasteiger partial charge < -0.3 is 9.47 Å². The molecule has 0 atom stereocenters. The number of anilines is 1. The van der Waals surface area contributed by atoms with Crippen molar-refractivity contribution in [1.82, 2.24) is 0 Å². The molecular formula is C22H18N2O5S. The lowest BCUT2D eigenvalue weighted by molar-refractivity contribution is 0.0734. The maximum Gasteiger partial charge on any atom is 0.343 e. The number of rotatable bonds is 6. The molecule has 0 saturated heterocycles. The minimum absolute atomic E-state index is 0.0193. The minimum Gasteiger partial charge on any atom is -0.495 e. The van der Waals surface area contributed by atoms with Crippen molar-refractivity contribution in [3.05, 3.63) is 83.9 Å². The number of hydrogen-bond acceptors (Lipinski definition) is 6. The van der Waals surface area contributed by atoms with Crippen molar-refractivity contribution in [2.45, 2.75) is 4.90 Å². The summed E-state index contributed by atoms with van der Waals surface area (Å²) in [6, 6.07) is 20.3. The molecule has 3 aromatic rings. The SMILES string of the molecule is COc1ccccc1N(C)S(=O)(=O)c1ccc(C(=O)Oc2ccc(C#N)cc2)cc1. The van der Waals surface area contributed by atoms with E-state index < -0.39 is 16.0 Å². The number of ether oxygens (including phenoxy) is 2. The van der Waals surface area contributed by atoms with Crippen LogP contribution in [0.2, 0.25) is 0 Å². The Morgan fingerprint density at radius 3 is 2.20 bits per heavy atom. The van der Waals surface area contributed by atoms with Crippen molar-refractivity contribution in [3.63, 3.8) is 0 Å². The van der Waals surface area contributed by atoms with E-state index in [2.05, 4.69) is 0 Å². The number of esters is 1. The van der Waals surface area contributed by atoms with Crippen LogP contribution >= 0.6 is 0 Å². The highest BCUT2D eigenvalue weighted by molar-refractivity contribution is 7.92. The number of benzene rings is 3. The smallest absolute Gasteiger partial charge is 0.343 e. The predicted molar refractivity (Wildman–Crippen MR) is 111 cm³/mol. The summed E-state index contributed by atoms with van der Waals surface area (Å²) in [5, 5.41) is 8.80. The normalized spacial score (nSPS) is 10.7. The number of hydrogen-bond donors (Lipinski definition) is 0. The van der Waals surface area contributed by atoms with Gasteiger partial charge in [0.15, 0.2) is 0 Å². The molecule has 0 N–H and O–H groups in total. The van der Waals surface area contributed by atoms with Crippen molar-refractivity contribution < 1.29 is 22.7 Å². The topological polar surface area (TPSA) is 96.7 Å². The number of sulfonamides is 1. The number of nitrogens with zero attached hydrogens (tertiary/aromatic N) is 2. The van der Waals surface area contributed by atoms with Crippen molar-refractivity contribution in [3.8, 4) is 17.6 Å². The van der Waals surface area contributed by atoms with Crippen molar-refractivity contribution in [2.24, 2.45) is 0 Å². The molecule has 0 aliphatic carbocycles. The van der Waals surface area contributed by atoms with Gasteiger partial charge in [0.25, 0.3) is 10.0 Å². The summed E-state index contributed by atoms with van der Waals surface area (Å²) in [5.41, 5.74) is 1.03. The van der Waals surface area contributed by atoms with Gasteiger partial charge in [-0.2, -0.15) is 5.26 Å². The van der Waals surface area contributed by atoms with Gasteiger partial charge in [-0.1, -0.05) is 12.1 Å². The Kier molecular flexibility index (Phi) is 6.04. The molecular weight excluding hydrogens is 404 g/mol. The van der Waals surface area contributed by atoms with E-state index in [-0.39, 0.29) is 16.2 Å². The molecule has 30 heavy (non-hydrogen) atoms. The Hall–Kier alpha value is -3.83. The third kappa shape index (κ3) is 4.26. The number of carbonyl (C=O) groups is 1. The first-order valence-electron chi connectivity index (χ1n) is 8.81. The van der Waals surface area contributed by atoms with Gasteiger partial charge in [0, 0.05) is 7.05 Å². The zero-order chi connectivity index (χ0) is 21.7. The third-order valence-electron chi connectivity index (χ3n) is 4.37. The van der Waals surface area contributed by atoms with Gasteiger partial charge in [-0.05, 0) is 60.7 Å². The van der Waals surface area contributed by atoms with E-state index in [9.17, 15) is 13.2 Å². The van der Waals surface area contributed by atoms with E-state index in [1.54, 1.807) is 24.3 Å². The average molecular weight is 422 g/mol. The zero-order valence-electron chi connectivity index (χ0n) is 16.3. The fraction of sp³-hybridized carbons (Fsp3) is 0.0909. The van der Waals surface area contributed by atoms with Crippen LogP contribution in [0.25, 0.3) is 0 Å². The van der Waals surface area contributed by atoms with E-state index in [1.165, 1.54) is 62.7 Å². The lowest BCUT2D eigenvalue weighted by Gasteiger charge is -2.21. The second kappa shape index (κ2) is 8.68. The Morgan fingerprint density at radius 2 is 1.60 bits per heavy atom. The second-order valence-corrected chi connectivity index (χ2v) is 8.16. The Labute approximate surface area is 174 Å². The van der Waals surface area contributed by atoms with Crippen LogP contribution in [0.1, 0.15) is 15.9 Å². The van der Waals surface area contributed by atoms with Crippen LogP contribution in [0.3, 0.4) is 0 Å². The first-order valence-corrected chi connectivity index (χ1v) is 10.2.